The molecular formula is C20H16ClFN2O3. The monoisotopic (exact) mass is 386 g/mol. The van der Waals surface area contributed by atoms with Crippen LogP contribution in [0.4, 0.5) is 4.39 Å². The number of hydrogen-bond acceptors (Lipinski definition) is 4. The fraction of sp³-hybridized carbons (Fsp3) is 0.150. The smallest absolute Gasteiger partial charge is 0.358 e. The third-order valence-corrected chi connectivity index (χ3v) is 4.16. The molecule has 3 rings (SSSR count). The van der Waals surface area contributed by atoms with Crippen LogP contribution in [0.2, 0.25) is 5.02 Å². The topological polar surface area (TPSA) is 61.2 Å². The van der Waals surface area contributed by atoms with Gasteiger partial charge < -0.3 is 4.74 Å². The summed E-state index contributed by atoms with van der Waals surface area (Å²) in [6.45, 7) is 3.66. The van der Waals surface area contributed by atoms with Gasteiger partial charge in [0.1, 0.15) is 5.82 Å². The van der Waals surface area contributed by atoms with Crippen LogP contribution >= 0.6 is 11.6 Å². The first-order chi connectivity index (χ1) is 12.9. The number of ketones is 1. The molecule has 0 spiro atoms. The van der Waals surface area contributed by atoms with Crippen molar-refractivity contribution in [3.63, 3.8) is 0 Å². The molecule has 7 heteroatoms. The molecule has 0 saturated carbocycles. The van der Waals surface area contributed by atoms with E-state index in [0.717, 1.165) is 0 Å². The minimum atomic E-state index is -0.627. The predicted molar refractivity (Wildman–Crippen MR) is 99.1 cm³/mol. The van der Waals surface area contributed by atoms with Crippen molar-refractivity contribution in [1.82, 2.24) is 9.78 Å². The van der Waals surface area contributed by atoms with Gasteiger partial charge in [0, 0.05) is 16.3 Å². The van der Waals surface area contributed by atoms with Gasteiger partial charge in [0.05, 0.1) is 17.9 Å². The maximum absolute atomic E-state index is 14.1. The van der Waals surface area contributed by atoms with Gasteiger partial charge in [0.25, 0.3) is 0 Å². The van der Waals surface area contributed by atoms with Crippen molar-refractivity contribution in [3.8, 4) is 5.69 Å². The largest absolute Gasteiger partial charge is 0.461 e. The number of nitrogens with zero attached hydrogens (tertiary/aromatic N) is 2. The Hall–Kier alpha value is -2.99. The summed E-state index contributed by atoms with van der Waals surface area (Å²) in [6, 6.07) is 11.9. The maximum atomic E-state index is 14.1. The van der Waals surface area contributed by atoms with Gasteiger partial charge in [0.2, 0.25) is 0 Å². The number of hydrogen-bond donors (Lipinski definition) is 0. The van der Waals surface area contributed by atoms with E-state index >= 15 is 0 Å². The molecule has 0 atom stereocenters. The molecular weight excluding hydrogens is 371 g/mol. The maximum Gasteiger partial charge on any atom is 0.358 e. The molecule has 138 valence electrons. The minimum Gasteiger partial charge on any atom is -0.461 e. The molecule has 1 heterocycles. The summed E-state index contributed by atoms with van der Waals surface area (Å²) in [5.41, 5.74) is 1.22. The summed E-state index contributed by atoms with van der Waals surface area (Å²) in [5.74, 6) is -1.72. The zero-order valence-corrected chi connectivity index (χ0v) is 15.5. The van der Waals surface area contributed by atoms with Crippen LogP contribution in [0.5, 0.6) is 0 Å². The Kier molecular flexibility index (Phi) is 5.37. The molecule has 1 aromatic heterocycles. The molecule has 0 aliphatic carbocycles. The van der Waals surface area contributed by atoms with Crippen LogP contribution < -0.4 is 0 Å². The van der Waals surface area contributed by atoms with Crippen LogP contribution in [-0.2, 0) is 4.74 Å². The second kappa shape index (κ2) is 7.72. The Morgan fingerprint density at radius 2 is 1.89 bits per heavy atom. The molecule has 0 bridgehead atoms. The molecule has 0 N–H and O–H groups in total. The van der Waals surface area contributed by atoms with Crippen molar-refractivity contribution < 1.29 is 18.7 Å². The van der Waals surface area contributed by atoms with Crippen LogP contribution in [-0.4, -0.2) is 28.1 Å². The fourth-order valence-corrected chi connectivity index (χ4v) is 2.86. The Balaban J connectivity index is 2.12. The number of carbonyl (C=O) groups is 2. The number of aryl methyl sites for hydroxylation is 1. The van der Waals surface area contributed by atoms with E-state index in [1.165, 1.54) is 28.9 Å². The lowest BCUT2D eigenvalue weighted by molar-refractivity contribution is 0.0519. The third-order valence-electron chi connectivity index (χ3n) is 3.92. The zero-order valence-electron chi connectivity index (χ0n) is 14.7. The Morgan fingerprint density at radius 1 is 1.15 bits per heavy atom. The quantitative estimate of drug-likeness (QED) is 0.482. The lowest BCUT2D eigenvalue weighted by Gasteiger charge is -2.11. The Bertz CT molecular complexity index is 1030. The molecule has 2 aromatic carbocycles. The zero-order chi connectivity index (χ0) is 19.6. The van der Waals surface area contributed by atoms with E-state index in [2.05, 4.69) is 5.10 Å². The van der Waals surface area contributed by atoms with Crippen molar-refractivity contribution >= 4 is 23.4 Å². The molecule has 27 heavy (non-hydrogen) atoms. The first-order valence-corrected chi connectivity index (χ1v) is 8.63. The highest BCUT2D eigenvalue weighted by Gasteiger charge is 2.21. The third kappa shape index (κ3) is 3.75. The first-order valence-electron chi connectivity index (χ1n) is 8.25. The predicted octanol–water partition coefficient (Wildman–Crippen LogP) is 4.38. The highest BCUT2D eigenvalue weighted by molar-refractivity contribution is 6.31. The van der Waals surface area contributed by atoms with Gasteiger partial charge in [-0.2, -0.15) is 5.10 Å². The van der Waals surface area contributed by atoms with Crippen LogP contribution in [0.3, 0.4) is 0 Å². The van der Waals surface area contributed by atoms with Gasteiger partial charge in [-0.3, -0.25) is 4.79 Å². The normalized spacial score (nSPS) is 10.7. The summed E-state index contributed by atoms with van der Waals surface area (Å²) < 4.78 is 20.5. The van der Waals surface area contributed by atoms with Crippen molar-refractivity contribution in [1.29, 1.82) is 0 Å². The SMILES string of the molecule is CCOC(=O)c1cc(C)n(-c2ccc(Cl)cc2C(=O)c2ccccc2F)n1. The fourth-order valence-electron chi connectivity index (χ4n) is 2.69. The van der Waals surface area contributed by atoms with Crippen LogP contribution in [0.25, 0.3) is 5.69 Å². The van der Waals surface area contributed by atoms with E-state index in [1.54, 1.807) is 38.1 Å². The molecule has 5 nitrogen and oxygen atoms in total. The minimum absolute atomic E-state index is 0.0727. The summed E-state index contributed by atoms with van der Waals surface area (Å²) in [7, 11) is 0. The Morgan fingerprint density at radius 3 is 2.59 bits per heavy atom. The highest BCUT2D eigenvalue weighted by Crippen LogP contribution is 2.25. The van der Waals surface area contributed by atoms with Gasteiger partial charge >= 0.3 is 5.97 Å². The van der Waals surface area contributed by atoms with E-state index in [9.17, 15) is 14.0 Å². The van der Waals surface area contributed by atoms with Crippen LogP contribution in [0, 0.1) is 12.7 Å². The average Bonchev–Trinajstić information content (AvgIpc) is 3.03. The van der Waals surface area contributed by atoms with Crippen molar-refractivity contribution in [2.45, 2.75) is 13.8 Å². The van der Waals surface area contributed by atoms with Gasteiger partial charge in [-0.1, -0.05) is 23.7 Å². The van der Waals surface area contributed by atoms with E-state index in [1.807, 2.05) is 0 Å². The summed E-state index contributed by atoms with van der Waals surface area (Å²) in [6.07, 6.45) is 0. The molecule has 0 saturated heterocycles. The highest BCUT2D eigenvalue weighted by atomic mass is 35.5. The number of rotatable bonds is 5. The summed E-state index contributed by atoms with van der Waals surface area (Å²) >= 11 is 6.06. The van der Waals surface area contributed by atoms with E-state index in [-0.39, 0.29) is 23.4 Å². The number of aromatic nitrogens is 2. The number of halogens is 2. The van der Waals surface area contributed by atoms with Gasteiger partial charge in [-0.15, -0.1) is 0 Å². The molecule has 0 fully saturated rings. The molecule has 0 amide bonds. The summed E-state index contributed by atoms with van der Waals surface area (Å²) in [5, 5.41) is 4.57. The van der Waals surface area contributed by atoms with Crippen molar-refractivity contribution in [2.75, 3.05) is 6.61 Å². The molecule has 0 unspecified atom stereocenters. The van der Waals surface area contributed by atoms with Crippen LogP contribution in [0.1, 0.15) is 39.0 Å². The lowest BCUT2D eigenvalue weighted by Crippen LogP contribution is -2.12. The lowest BCUT2D eigenvalue weighted by atomic mass is 10.0. The average molecular weight is 387 g/mol. The molecule has 0 radical (unpaired) electrons. The van der Waals surface area contributed by atoms with Crippen LogP contribution in [0.15, 0.2) is 48.5 Å². The number of ether oxygens (including phenoxy) is 1. The van der Waals surface area contributed by atoms with E-state index in [0.29, 0.717) is 16.4 Å². The number of carbonyl (C=O) groups excluding carboxylic acids is 2. The second-order valence-corrected chi connectivity index (χ2v) is 6.21. The van der Waals surface area contributed by atoms with Crippen molar-refractivity contribution in [3.05, 3.63) is 81.9 Å². The Labute approximate surface area is 160 Å². The summed E-state index contributed by atoms with van der Waals surface area (Å²) in [4.78, 5) is 24.9. The van der Waals surface area contributed by atoms with E-state index < -0.39 is 17.6 Å². The second-order valence-electron chi connectivity index (χ2n) is 5.77. The van der Waals surface area contributed by atoms with Crippen molar-refractivity contribution in [2.24, 2.45) is 0 Å². The molecule has 0 aliphatic rings. The van der Waals surface area contributed by atoms with Gasteiger partial charge in [-0.05, 0) is 50.2 Å². The first kappa shape index (κ1) is 18.8. The molecule has 3 aromatic rings. The van der Waals surface area contributed by atoms with Gasteiger partial charge in [0.15, 0.2) is 11.5 Å². The standard InChI is InChI=1S/C20H16ClFN2O3/c1-3-27-20(26)17-10-12(2)24(23-17)18-9-8-13(21)11-15(18)19(25)14-6-4-5-7-16(14)22/h4-11H,3H2,1-2H3. The van der Waals surface area contributed by atoms with Gasteiger partial charge in [-0.25, -0.2) is 13.9 Å². The number of benzene rings is 2. The van der Waals surface area contributed by atoms with E-state index in [4.69, 9.17) is 16.3 Å². The molecule has 0 aliphatic heterocycles. The number of esters is 1.